The highest BCUT2D eigenvalue weighted by molar-refractivity contribution is 5.91. The van der Waals surface area contributed by atoms with Crippen LogP contribution in [0.2, 0.25) is 0 Å². The number of carbonyl (C=O) groups is 1. The number of hydrogen-bond donors (Lipinski definition) is 1. The van der Waals surface area contributed by atoms with Gasteiger partial charge in [-0.2, -0.15) is 0 Å². The number of amides is 1. The summed E-state index contributed by atoms with van der Waals surface area (Å²) in [6.45, 7) is 12.3. The summed E-state index contributed by atoms with van der Waals surface area (Å²) in [4.78, 5) is 18.8. The Morgan fingerprint density at radius 3 is 2.48 bits per heavy atom. The molecule has 0 bridgehead atoms. The molecule has 1 aliphatic heterocycles. The fourth-order valence-electron chi connectivity index (χ4n) is 2.91. The van der Waals surface area contributed by atoms with E-state index >= 15 is 0 Å². The maximum Gasteiger partial charge on any atom is 0.289 e. The second kappa shape index (κ2) is 8.47. The normalized spacial score (nSPS) is 17.7. The van der Waals surface area contributed by atoms with E-state index in [2.05, 4.69) is 23.6 Å². The van der Waals surface area contributed by atoms with Gasteiger partial charge in [0.1, 0.15) is 5.76 Å². The number of aliphatic hydroxyl groups excluding tert-OH is 1. The Balaban J connectivity index is 1.88. The van der Waals surface area contributed by atoms with Crippen LogP contribution in [0.1, 0.15) is 37.1 Å². The van der Waals surface area contributed by atoms with Crippen LogP contribution < -0.4 is 0 Å². The van der Waals surface area contributed by atoms with Crippen LogP contribution in [-0.2, 0) is 6.54 Å². The topological polar surface area (TPSA) is 60.2 Å². The molecule has 1 aromatic rings. The van der Waals surface area contributed by atoms with Crippen molar-refractivity contribution < 1.29 is 14.3 Å². The van der Waals surface area contributed by atoms with E-state index in [9.17, 15) is 9.90 Å². The van der Waals surface area contributed by atoms with Gasteiger partial charge < -0.3 is 14.4 Å². The Labute approximate surface area is 138 Å². The van der Waals surface area contributed by atoms with E-state index in [0.29, 0.717) is 25.4 Å². The van der Waals surface area contributed by atoms with Crippen molar-refractivity contribution in [2.45, 2.75) is 33.4 Å². The molecule has 1 N–H and O–H groups in total. The highest BCUT2D eigenvalue weighted by Gasteiger charge is 2.24. The Kier molecular flexibility index (Phi) is 6.62. The lowest BCUT2D eigenvalue weighted by Crippen LogP contribution is -2.50. The zero-order valence-electron chi connectivity index (χ0n) is 14.5. The first-order valence-corrected chi connectivity index (χ1v) is 8.54. The van der Waals surface area contributed by atoms with Crippen LogP contribution in [0.5, 0.6) is 0 Å². The molecule has 0 saturated carbocycles. The number of β-amino-alcohol motifs (C(OH)–C–C–N with tert-alkyl or cyclic N) is 1. The minimum atomic E-state index is -0.329. The van der Waals surface area contributed by atoms with Gasteiger partial charge in [-0.25, -0.2) is 0 Å². The molecular weight excluding hydrogens is 294 g/mol. The molecule has 0 aliphatic carbocycles. The molecule has 0 unspecified atom stereocenters. The van der Waals surface area contributed by atoms with Gasteiger partial charge in [-0.05, 0) is 32.1 Å². The monoisotopic (exact) mass is 323 g/mol. The van der Waals surface area contributed by atoms with Gasteiger partial charge in [0.05, 0.1) is 12.6 Å². The molecule has 1 saturated heterocycles. The number of nitrogens with zero attached hydrogens (tertiary/aromatic N) is 3. The van der Waals surface area contributed by atoms with E-state index in [1.165, 1.54) is 0 Å². The summed E-state index contributed by atoms with van der Waals surface area (Å²) in [6.07, 6.45) is -0.329. The molecular formula is C17H29N3O3. The number of hydrogen-bond acceptors (Lipinski definition) is 5. The van der Waals surface area contributed by atoms with Crippen LogP contribution in [0.15, 0.2) is 16.5 Å². The van der Waals surface area contributed by atoms with Gasteiger partial charge >= 0.3 is 0 Å². The fraction of sp³-hybridized carbons (Fsp3) is 0.706. The second-order valence-corrected chi connectivity index (χ2v) is 6.17. The quantitative estimate of drug-likeness (QED) is 0.818. The van der Waals surface area contributed by atoms with Crippen LogP contribution in [0, 0.1) is 0 Å². The van der Waals surface area contributed by atoms with Crippen molar-refractivity contribution in [3.63, 3.8) is 0 Å². The third-order valence-corrected chi connectivity index (χ3v) is 4.33. The van der Waals surface area contributed by atoms with Crippen LogP contribution >= 0.6 is 0 Å². The molecule has 130 valence electrons. The molecule has 0 aromatic carbocycles. The Hall–Kier alpha value is -1.37. The Morgan fingerprint density at radius 1 is 1.26 bits per heavy atom. The van der Waals surface area contributed by atoms with Crippen molar-refractivity contribution in [1.82, 2.24) is 14.7 Å². The number of carbonyl (C=O) groups excluding carboxylic acids is 1. The van der Waals surface area contributed by atoms with E-state index in [1.807, 2.05) is 11.0 Å². The van der Waals surface area contributed by atoms with Gasteiger partial charge in [-0.1, -0.05) is 13.8 Å². The van der Waals surface area contributed by atoms with E-state index in [0.717, 1.165) is 38.5 Å². The fourth-order valence-corrected chi connectivity index (χ4v) is 2.91. The lowest BCUT2D eigenvalue weighted by Gasteiger charge is -2.34. The number of rotatable bonds is 7. The van der Waals surface area contributed by atoms with E-state index in [-0.39, 0.29) is 12.0 Å². The van der Waals surface area contributed by atoms with E-state index < -0.39 is 0 Å². The van der Waals surface area contributed by atoms with Gasteiger partial charge in [0.25, 0.3) is 5.91 Å². The van der Waals surface area contributed by atoms with Gasteiger partial charge in [0.2, 0.25) is 0 Å². The third-order valence-electron chi connectivity index (χ3n) is 4.33. The van der Waals surface area contributed by atoms with E-state index in [4.69, 9.17) is 4.42 Å². The van der Waals surface area contributed by atoms with Crippen molar-refractivity contribution in [2.24, 2.45) is 0 Å². The maximum absolute atomic E-state index is 12.5. The first-order valence-electron chi connectivity index (χ1n) is 8.54. The molecule has 1 fully saturated rings. The lowest BCUT2D eigenvalue weighted by atomic mass is 10.2. The average Bonchev–Trinajstić information content (AvgIpc) is 3.00. The summed E-state index contributed by atoms with van der Waals surface area (Å²) in [5.74, 6) is 1.23. The van der Waals surface area contributed by atoms with Crippen LogP contribution in [-0.4, -0.2) is 77.6 Å². The molecule has 0 radical (unpaired) electrons. The Morgan fingerprint density at radius 2 is 1.91 bits per heavy atom. The third kappa shape index (κ3) is 5.06. The van der Waals surface area contributed by atoms with Gasteiger partial charge in [-0.15, -0.1) is 0 Å². The van der Waals surface area contributed by atoms with Crippen LogP contribution in [0.3, 0.4) is 0 Å². The molecule has 23 heavy (non-hydrogen) atoms. The molecule has 1 atom stereocenters. The highest BCUT2D eigenvalue weighted by atomic mass is 16.4. The molecule has 2 rings (SSSR count). The molecule has 1 amide bonds. The number of furan rings is 1. The second-order valence-electron chi connectivity index (χ2n) is 6.17. The summed E-state index contributed by atoms with van der Waals surface area (Å²) in [5, 5.41) is 9.43. The predicted octanol–water partition coefficient (Wildman–Crippen LogP) is 1.26. The van der Waals surface area contributed by atoms with Crippen molar-refractivity contribution in [3.8, 4) is 0 Å². The average molecular weight is 323 g/mol. The summed E-state index contributed by atoms with van der Waals surface area (Å²) in [5.41, 5.74) is 0. The minimum absolute atomic E-state index is 0.0347. The first kappa shape index (κ1) is 18.0. The standard InChI is InChI=1S/C17H29N3O3/c1-4-18(5-2)13-15-6-7-16(23-15)17(22)20-10-8-19(9-11-20)12-14(3)21/h6-7,14,21H,4-5,8-13H2,1-3H3/t14-/m0/s1. The Bertz CT molecular complexity index is 489. The molecule has 6 heteroatoms. The largest absolute Gasteiger partial charge is 0.455 e. The van der Waals surface area contributed by atoms with Gasteiger partial charge in [0.15, 0.2) is 5.76 Å². The highest BCUT2D eigenvalue weighted by Crippen LogP contribution is 2.14. The van der Waals surface area contributed by atoms with Crippen LogP contribution in [0.25, 0.3) is 0 Å². The van der Waals surface area contributed by atoms with E-state index in [1.54, 1.807) is 13.0 Å². The molecule has 1 aliphatic rings. The van der Waals surface area contributed by atoms with Crippen molar-refractivity contribution in [1.29, 1.82) is 0 Å². The molecule has 0 spiro atoms. The number of piperazine rings is 1. The first-order chi connectivity index (χ1) is 11.0. The van der Waals surface area contributed by atoms with Gasteiger partial charge in [0, 0.05) is 32.7 Å². The van der Waals surface area contributed by atoms with Crippen molar-refractivity contribution >= 4 is 5.91 Å². The zero-order chi connectivity index (χ0) is 16.8. The van der Waals surface area contributed by atoms with Gasteiger partial charge in [-0.3, -0.25) is 14.6 Å². The van der Waals surface area contributed by atoms with Crippen molar-refractivity contribution in [3.05, 3.63) is 23.7 Å². The van der Waals surface area contributed by atoms with Crippen molar-refractivity contribution in [2.75, 3.05) is 45.8 Å². The molecule has 1 aromatic heterocycles. The smallest absolute Gasteiger partial charge is 0.289 e. The maximum atomic E-state index is 12.5. The lowest BCUT2D eigenvalue weighted by molar-refractivity contribution is 0.0525. The molecule has 2 heterocycles. The minimum Gasteiger partial charge on any atom is -0.455 e. The summed E-state index contributed by atoms with van der Waals surface area (Å²) < 4.78 is 5.74. The molecule has 6 nitrogen and oxygen atoms in total. The zero-order valence-corrected chi connectivity index (χ0v) is 14.5. The number of aliphatic hydroxyl groups is 1. The van der Waals surface area contributed by atoms with Crippen LogP contribution in [0.4, 0.5) is 0 Å². The summed E-state index contributed by atoms with van der Waals surface area (Å²) >= 11 is 0. The SMILES string of the molecule is CCN(CC)Cc1ccc(C(=O)N2CCN(C[C@H](C)O)CC2)o1. The summed E-state index contributed by atoms with van der Waals surface area (Å²) in [7, 11) is 0. The predicted molar refractivity (Wildman–Crippen MR) is 89.4 cm³/mol. The summed E-state index contributed by atoms with van der Waals surface area (Å²) in [6, 6.07) is 3.68.